The second-order valence-electron chi connectivity index (χ2n) is 7.65. The van der Waals surface area contributed by atoms with Crippen LogP contribution in [0.5, 0.6) is 0 Å². The predicted octanol–water partition coefficient (Wildman–Crippen LogP) is 0.655. The fraction of sp³-hybridized carbons (Fsp3) is 0.286. The Balaban J connectivity index is 1.51. The van der Waals surface area contributed by atoms with Crippen molar-refractivity contribution in [3.05, 3.63) is 65.7 Å². The van der Waals surface area contributed by atoms with E-state index >= 15 is 0 Å². The normalized spacial score (nSPS) is 17.2. The van der Waals surface area contributed by atoms with Crippen LogP contribution in [0.25, 0.3) is 11.4 Å². The van der Waals surface area contributed by atoms with Gasteiger partial charge in [0.05, 0.1) is 11.5 Å². The maximum atomic E-state index is 13.1. The van der Waals surface area contributed by atoms with Gasteiger partial charge in [-0.2, -0.15) is 4.80 Å². The first kappa shape index (κ1) is 21.6. The van der Waals surface area contributed by atoms with Gasteiger partial charge in [-0.3, -0.25) is 9.59 Å². The van der Waals surface area contributed by atoms with Crippen molar-refractivity contribution in [3.8, 4) is 11.4 Å². The van der Waals surface area contributed by atoms with Gasteiger partial charge in [0.2, 0.25) is 17.6 Å². The van der Waals surface area contributed by atoms with Gasteiger partial charge in [-0.05, 0) is 29.3 Å². The lowest BCUT2D eigenvalue weighted by atomic mass is 10.1. The fourth-order valence-electron chi connectivity index (χ4n) is 3.64. The van der Waals surface area contributed by atoms with Crippen molar-refractivity contribution in [2.75, 3.05) is 11.5 Å². The number of nitrogens with two attached hydrogens (primary N) is 1. The molecule has 2 N–H and O–H groups in total. The monoisotopic (exact) mass is 454 g/mol. The quantitative estimate of drug-likeness (QED) is 0.553. The maximum Gasteiger partial charge on any atom is 0.248 e. The number of hydrogen-bond donors (Lipinski definition) is 1. The molecule has 166 valence electrons. The Kier molecular flexibility index (Phi) is 5.99. The van der Waals surface area contributed by atoms with Gasteiger partial charge in [0.25, 0.3) is 0 Å². The number of rotatable bonds is 7. The van der Waals surface area contributed by atoms with Crippen molar-refractivity contribution in [2.45, 2.75) is 25.6 Å². The molecule has 4 rings (SSSR count). The number of nitrogens with zero attached hydrogens (tertiary/aromatic N) is 5. The van der Waals surface area contributed by atoms with Crippen molar-refractivity contribution in [3.63, 3.8) is 0 Å². The molecule has 2 amide bonds. The molecule has 1 fully saturated rings. The molecule has 0 radical (unpaired) electrons. The summed E-state index contributed by atoms with van der Waals surface area (Å²) in [6.07, 6.45) is 0.406. The number of benzene rings is 2. The maximum absolute atomic E-state index is 13.1. The molecule has 11 heteroatoms. The number of aromatic nitrogens is 4. The number of primary amides is 1. The summed E-state index contributed by atoms with van der Waals surface area (Å²) in [5.74, 6) is -0.501. The molecule has 32 heavy (non-hydrogen) atoms. The van der Waals surface area contributed by atoms with E-state index in [0.29, 0.717) is 29.9 Å². The van der Waals surface area contributed by atoms with E-state index in [9.17, 15) is 18.0 Å². The van der Waals surface area contributed by atoms with Crippen LogP contribution >= 0.6 is 0 Å². The molecule has 1 aromatic heterocycles. The van der Waals surface area contributed by atoms with Crippen LogP contribution in [-0.2, 0) is 27.7 Å². The highest BCUT2D eigenvalue weighted by atomic mass is 32.2. The van der Waals surface area contributed by atoms with Gasteiger partial charge < -0.3 is 10.6 Å². The summed E-state index contributed by atoms with van der Waals surface area (Å²) < 4.78 is 24.0. The molecule has 1 unspecified atom stereocenters. The van der Waals surface area contributed by atoms with Gasteiger partial charge in [-0.1, -0.05) is 42.5 Å². The minimum absolute atomic E-state index is 0.0478. The summed E-state index contributed by atoms with van der Waals surface area (Å²) in [6, 6.07) is 15.4. The van der Waals surface area contributed by atoms with Crippen LogP contribution in [0.2, 0.25) is 0 Å². The van der Waals surface area contributed by atoms with Gasteiger partial charge in [-0.15, -0.1) is 10.2 Å². The largest absolute Gasteiger partial charge is 0.366 e. The summed E-state index contributed by atoms with van der Waals surface area (Å²) in [6.45, 7) is 0.131. The minimum atomic E-state index is -3.16. The van der Waals surface area contributed by atoms with E-state index in [-0.39, 0.29) is 24.0 Å². The molecule has 0 saturated carbocycles. The highest BCUT2D eigenvalue weighted by molar-refractivity contribution is 7.91. The number of tetrazole rings is 1. The van der Waals surface area contributed by atoms with Crippen LogP contribution in [0.4, 0.5) is 0 Å². The molecular formula is C21H22N6O4S. The van der Waals surface area contributed by atoms with E-state index in [1.165, 1.54) is 4.80 Å². The molecule has 1 aliphatic heterocycles. The van der Waals surface area contributed by atoms with Crippen molar-refractivity contribution in [1.82, 2.24) is 25.1 Å². The lowest BCUT2D eigenvalue weighted by molar-refractivity contribution is -0.134. The zero-order valence-corrected chi connectivity index (χ0v) is 18.0. The Bertz CT molecular complexity index is 1220. The SMILES string of the molecule is NC(=O)c1ccc(-c2nnn(CC(=O)N(Cc3ccccc3)C3CCS(=O)(=O)C3)n2)cc1. The second-order valence-corrected chi connectivity index (χ2v) is 9.88. The van der Waals surface area contributed by atoms with Crippen LogP contribution in [0.1, 0.15) is 22.3 Å². The molecular weight excluding hydrogens is 432 g/mol. The fourth-order valence-corrected chi connectivity index (χ4v) is 5.37. The third kappa shape index (κ3) is 4.99. The molecule has 0 spiro atoms. The van der Waals surface area contributed by atoms with Crippen molar-refractivity contribution in [2.24, 2.45) is 5.73 Å². The predicted molar refractivity (Wildman–Crippen MR) is 116 cm³/mol. The summed E-state index contributed by atoms with van der Waals surface area (Å²) in [7, 11) is -3.16. The average molecular weight is 455 g/mol. The van der Waals surface area contributed by atoms with Crippen LogP contribution in [0.15, 0.2) is 54.6 Å². The first-order valence-electron chi connectivity index (χ1n) is 10.0. The van der Waals surface area contributed by atoms with Crippen molar-refractivity contribution in [1.29, 1.82) is 0 Å². The van der Waals surface area contributed by atoms with E-state index in [4.69, 9.17) is 5.73 Å². The Morgan fingerprint density at radius 2 is 1.81 bits per heavy atom. The molecule has 3 aromatic rings. The van der Waals surface area contributed by atoms with Crippen LogP contribution in [0.3, 0.4) is 0 Å². The molecule has 1 atom stereocenters. The lowest BCUT2D eigenvalue weighted by Gasteiger charge is -2.28. The van der Waals surface area contributed by atoms with E-state index in [0.717, 1.165) is 5.56 Å². The first-order valence-corrected chi connectivity index (χ1v) is 11.8. The second kappa shape index (κ2) is 8.87. The van der Waals surface area contributed by atoms with Gasteiger partial charge in [0, 0.05) is 23.7 Å². The average Bonchev–Trinajstić information content (AvgIpc) is 3.38. The van der Waals surface area contributed by atoms with Gasteiger partial charge in [-0.25, -0.2) is 8.42 Å². The highest BCUT2D eigenvalue weighted by Crippen LogP contribution is 2.21. The molecule has 2 heterocycles. The summed E-state index contributed by atoms with van der Waals surface area (Å²) in [5, 5.41) is 12.2. The van der Waals surface area contributed by atoms with Crippen LogP contribution in [-0.4, -0.2) is 62.9 Å². The molecule has 1 aliphatic rings. The number of sulfone groups is 1. The zero-order valence-electron chi connectivity index (χ0n) is 17.2. The van der Waals surface area contributed by atoms with E-state index in [1.807, 2.05) is 30.3 Å². The molecule has 1 saturated heterocycles. The number of carbonyl (C=O) groups excluding carboxylic acids is 2. The highest BCUT2D eigenvalue weighted by Gasteiger charge is 2.35. The third-order valence-corrected chi connectivity index (χ3v) is 7.07. The lowest BCUT2D eigenvalue weighted by Crippen LogP contribution is -2.42. The minimum Gasteiger partial charge on any atom is -0.366 e. The Morgan fingerprint density at radius 3 is 2.44 bits per heavy atom. The van der Waals surface area contributed by atoms with Gasteiger partial charge in [0.1, 0.15) is 6.54 Å². The Morgan fingerprint density at radius 1 is 1.09 bits per heavy atom. The van der Waals surface area contributed by atoms with Crippen LogP contribution in [0, 0.1) is 0 Å². The zero-order chi connectivity index (χ0) is 22.7. The molecule has 2 aromatic carbocycles. The van der Waals surface area contributed by atoms with E-state index in [2.05, 4.69) is 15.4 Å². The standard InChI is InChI=1S/C21H22N6O4S/c22-20(29)16-6-8-17(9-7-16)21-23-25-27(24-21)13-19(28)26(12-15-4-2-1-3-5-15)18-10-11-32(30,31)14-18/h1-9,18H,10-14H2,(H2,22,29). The van der Waals surface area contributed by atoms with E-state index in [1.54, 1.807) is 29.2 Å². The van der Waals surface area contributed by atoms with Crippen molar-refractivity contribution < 1.29 is 18.0 Å². The third-order valence-electron chi connectivity index (χ3n) is 5.32. The number of carbonyl (C=O) groups is 2. The molecule has 0 aliphatic carbocycles. The topological polar surface area (TPSA) is 141 Å². The smallest absolute Gasteiger partial charge is 0.248 e. The summed E-state index contributed by atoms with van der Waals surface area (Å²) in [4.78, 5) is 27.1. The molecule has 10 nitrogen and oxygen atoms in total. The Hall–Kier alpha value is -3.60. The first-order chi connectivity index (χ1) is 15.3. The molecule has 0 bridgehead atoms. The van der Waals surface area contributed by atoms with E-state index < -0.39 is 21.8 Å². The van der Waals surface area contributed by atoms with Crippen molar-refractivity contribution >= 4 is 21.7 Å². The summed E-state index contributed by atoms with van der Waals surface area (Å²) in [5.41, 5.74) is 7.14. The number of amides is 2. The summed E-state index contributed by atoms with van der Waals surface area (Å²) >= 11 is 0. The van der Waals surface area contributed by atoms with Gasteiger partial charge in [0.15, 0.2) is 9.84 Å². The van der Waals surface area contributed by atoms with Gasteiger partial charge >= 0.3 is 0 Å². The Labute approximate surface area is 184 Å². The number of hydrogen-bond acceptors (Lipinski definition) is 7. The van der Waals surface area contributed by atoms with Crippen LogP contribution < -0.4 is 5.73 Å².